The van der Waals surface area contributed by atoms with Crippen LogP contribution in [0.3, 0.4) is 0 Å². The lowest BCUT2D eigenvalue weighted by molar-refractivity contribution is 0.0711. The molecule has 2 aromatic carbocycles. The average Bonchev–Trinajstić information content (AvgIpc) is 3.83. The van der Waals surface area contributed by atoms with Gasteiger partial charge in [-0.05, 0) is 25.5 Å². The minimum atomic E-state index is 0.000563. The van der Waals surface area contributed by atoms with Crippen molar-refractivity contribution in [2.24, 2.45) is 0 Å². The zero-order chi connectivity index (χ0) is 28.8. The lowest BCUT2D eigenvalue weighted by Gasteiger charge is -2.23. The molecule has 0 N–H and O–H groups in total. The highest BCUT2D eigenvalue weighted by molar-refractivity contribution is 7.22. The molecule has 1 saturated heterocycles. The highest BCUT2D eigenvalue weighted by atomic mass is 32.1. The molecular weight excluding hydrogens is 593 g/mol. The van der Waals surface area contributed by atoms with Crippen molar-refractivity contribution in [2.75, 3.05) is 27.4 Å². The first-order chi connectivity index (χ1) is 20.4. The number of ether oxygens (including phenoxy) is 3. The van der Waals surface area contributed by atoms with Crippen molar-refractivity contribution in [1.82, 2.24) is 29.5 Å². The topological polar surface area (TPSA) is 104 Å². The third-order valence-corrected chi connectivity index (χ3v) is 9.99. The summed E-state index contributed by atoms with van der Waals surface area (Å²) in [4.78, 5) is 29.8. The van der Waals surface area contributed by atoms with Crippen LogP contribution in [0.1, 0.15) is 27.5 Å². The third kappa shape index (κ3) is 5.13. The van der Waals surface area contributed by atoms with Crippen LogP contribution in [0.2, 0.25) is 0 Å². The van der Waals surface area contributed by atoms with Gasteiger partial charge < -0.3 is 19.1 Å². The molecule has 0 bridgehead atoms. The maximum Gasteiger partial charge on any atom is 0.253 e. The number of amides is 1. The van der Waals surface area contributed by atoms with E-state index in [4.69, 9.17) is 29.2 Å². The van der Waals surface area contributed by atoms with Crippen LogP contribution in [0.15, 0.2) is 48.0 Å². The Labute approximate surface area is 253 Å². The van der Waals surface area contributed by atoms with Gasteiger partial charge in [-0.1, -0.05) is 23.5 Å². The molecule has 6 aromatic rings. The van der Waals surface area contributed by atoms with Crippen molar-refractivity contribution in [3.8, 4) is 32.8 Å². The summed E-state index contributed by atoms with van der Waals surface area (Å²) in [5.41, 5.74) is 3.98. The van der Waals surface area contributed by atoms with Gasteiger partial charge in [-0.25, -0.2) is 19.5 Å². The van der Waals surface area contributed by atoms with Crippen LogP contribution in [0.25, 0.3) is 36.5 Å². The molecule has 1 fully saturated rings. The molecule has 1 aliphatic heterocycles. The van der Waals surface area contributed by atoms with Crippen LogP contribution in [0, 0.1) is 6.92 Å². The van der Waals surface area contributed by atoms with Gasteiger partial charge in [-0.2, -0.15) is 5.10 Å². The second-order valence-electron chi connectivity index (χ2n) is 9.91. The summed E-state index contributed by atoms with van der Waals surface area (Å²) >= 11 is 4.61. The maximum atomic E-state index is 12.9. The van der Waals surface area contributed by atoms with Crippen molar-refractivity contribution < 1.29 is 19.0 Å². The molecule has 1 amide bonds. The molecule has 10 nitrogen and oxygen atoms in total. The van der Waals surface area contributed by atoms with E-state index in [0.717, 1.165) is 53.6 Å². The summed E-state index contributed by atoms with van der Waals surface area (Å²) in [6, 6.07) is 11.5. The number of hydrogen-bond acceptors (Lipinski definition) is 11. The number of aryl methyl sites for hydroxylation is 1. The van der Waals surface area contributed by atoms with Gasteiger partial charge in [0.1, 0.15) is 38.8 Å². The van der Waals surface area contributed by atoms with Crippen molar-refractivity contribution in [1.29, 1.82) is 0 Å². The molecule has 1 aliphatic rings. The van der Waals surface area contributed by atoms with Gasteiger partial charge in [0.25, 0.3) is 5.91 Å². The predicted octanol–water partition coefficient (Wildman–Crippen LogP) is 5.95. The average molecular weight is 619 g/mol. The first-order valence-corrected chi connectivity index (χ1v) is 15.8. The highest BCUT2D eigenvalue weighted by Gasteiger charge is 2.25. The second-order valence-corrected chi connectivity index (χ2v) is 12.9. The monoisotopic (exact) mass is 618 g/mol. The number of nitrogens with zero attached hydrogens (tertiary/aromatic N) is 6. The molecule has 0 spiro atoms. The zero-order valence-electron chi connectivity index (χ0n) is 23.1. The molecule has 214 valence electrons. The SMILES string of the molecule is COc1cc(OCc2csc(-c3ccc(C(=O)N(C)[C@H]4CCOC4)cc3)n2)c2sc(-c3cn4nc(C)sc4n3)nc2c1. The van der Waals surface area contributed by atoms with Crippen molar-refractivity contribution in [3.05, 3.63) is 64.2 Å². The minimum absolute atomic E-state index is 0.000563. The standard InChI is InChI=1S/C29H26N6O4S3/c1-16-33-35-12-23(32-29(35)41-16)27-31-22-10-21(37-3)11-24(25(22)42-27)39-13-19-15-40-26(30-19)17-4-6-18(7-5-17)28(36)34(2)20-8-9-38-14-20/h4-7,10-12,15,20H,8-9,13-14H2,1-3H3/t20-/m0/s1. The first kappa shape index (κ1) is 27.0. The van der Waals surface area contributed by atoms with Crippen LogP contribution in [0.4, 0.5) is 0 Å². The number of benzene rings is 2. The molecule has 0 aliphatic carbocycles. The number of fused-ring (bicyclic) bond motifs is 2. The van der Waals surface area contributed by atoms with Crippen molar-refractivity contribution >= 4 is 55.1 Å². The number of hydrogen-bond donors (Lipinski definition) is 0. The highest BCUT2D eigenvalue weighted by Crippen LogP contribution is 2.39. The van der Waals surface area contributed by atoms with Crippen molar-refractivity contribution in [2.45, 2.75) is 26.0 Å². The van der Waals surface area contributed by atoms with Crippen LogP contribution in [-0.4, -0.2) is 68.8 Å². The summed E-state index contributed by atoms with van der Waals surface area (Å²) < 4.78 is 19.9. The summed E-state index contributed by atoms with van der Waals surface area (Å²) in [6.07, 6.45) is 2.77. The minimum Gasteiger partial charge on any atom is -0.497 e. The molecule has 0 unspecified atom stereocenters. The quantitative estimate of drug-likeness (QED) is 0.206. The number of rotatable bonds is 8. The molecule has 1 atom stereocenters. The molecule has 4 aromatic heterocycles. The van der Waals surface area contributed by atoms with E-state index in [1.807, 2.05) is 61.9 Å². The smallest absolute Gasteiger partial charge is 0.253 e. The van der Waals surface area contributed by atoms with E-state index in [9.17, 15) is 4.79 Å². The molecule has 7 rings (SSSR count). The Morgan fingerprint density at radius 2 is 2.00 bits per heavy atom. The van der Waals surface area contributed by atoms with E-state index in [1.54, 1.807) is 39.2 Å². The van der Waals surface area contributed by atoms with E-state index in [-0.39, 0.29) is 11.9 Å². The van der Waals surface area contributed by atoms with E-state index < -0.39 is 0 Å². The summed E-state index contributed by atoms with van der Waals surface area (Å²) in [6.45, 7) is 3.55. The largest absolute Gasteiger partial charge is 0.497 e. The third-order valence-electron chi connectivity index (χ3n) is 7.11. The number of carbonyl (C=O) groups excluding carboxylic acids is 1. The predicted molar refractivity (Wildman–Crippen MR) is 164 cm³/mol. The summed E-state index contributed by atoms with van der Waals surface area (Å²) in [5.74, 6) is 1.34. The Bertz CT molecular complexity index is 1870. The number of methoxy groups -OCH3 is 1. The molecule has 13 heteroatoms. The second kappa shape index (κ2) is 11.1. The van der Waals surface area contributed by atoms with Gasteiger partial charge in [0, 0.05) is 42.3 Å². The fraction of sp³-hybridized carbons (Fsp3) is 0.276. The van der Waals surface area contributed by atoms with E-state index >= 15 is 0 Å². The number of thiazole rings is 2. The molecule has 0 saturated carbocycles. The van der Waals surface area contributed by atoms with Crippen molar-refractivity contribution in [3.63, 3.8) is 0 Å². The molecule has 0 radical (unpaired) electrons. The van der Waals surface area contributed by atoms with E-state index in [0.29, 0.717) is 36.9 Å². The Hall–Kier alpha value is -3.91. The van der Waals surface area contributed by atoms with Gasteiger partial charge >= 0.3 is 0 Å². The van der Waals surface area contributed by atoms with Crippen LogP contribution in [-0.2, 0) is 11.3 Å². The Morgan fingerprint density at radius 1 is 1.14 bits per heavy atom. The van der Waals surface area contributed by atoms with Crippen LogP contribution >= 0.6 is 34.0 Å². The number of imidazole rings is 1. The van der Waals surface area contributed by atoms with Crippen LogP contribution < -0.4 is 9.47 Å². The number of likely N-dealkylation sites (N-methyl/N-ethyl adjacent to an activating group) is 1. The summed E-state index contributed by atoms with van der Waals surface area (Å²) in [5, 5.41) is 9.07. The fourth-order valence-corrected chi connectivity index (χ4v) is 7.33. The van der Waals surface area contributed by atoms with E-state index in [1.165, 1.54) is 11.3 Å². The Kier molecular flexibility index (Phi) is 7.10. The summed E-state index contributed by atoms with van der Waals surface area (Å²) in [7, 11) is 3.46. The van der Waals surface area contributed by atoms with E-state index in [2.05, 4.69) is 5.10 Å². The Balaban J connectivity index is 1.07. The molecular formula is C29H26N6O4S3. The first-order valence-electron chi connectivity index (χ1n) is 13.3. The number of aromatic nitrogens is 5. The fourth-order valence-electron chi connectivity index (χ4n) is 4.82. The lowest BCUT2D eigenvalue weighted by Crippen LogP contribution is -2.37. The normalized spacial score (nSPS) is 15.1. The van der Waals surface area contributed by atoms with Gasteiger partial charge in [0.15, 0.2) is 0 Å². The molecule has 42 heavy (non-hydrogen) atoms. The van der Waals surface area contributed by atoms with Gasteiger partial charge in [0.2, 0.25) is 4.96 Å². The van der Waals surface area contributed by atoms with Gasteiger partial charge in [0.05, 0.1) is 41.9 Å². The van der Waals surface area contributed by atoms with Gasteiger partial charge in [-0.3, -0.25) is 4.79 Å². The van der Waals surface area contributed by atoms with Crippen LogP contribution in [0.5, 0.6) is 11.5 Å². The van der Waals surface area contributed by atoms with Gasteiger partial charge in [-0.15, -0.1) is 22.7 Å². The molecule has 5 heterocycles. The maximum absolute atomic E-state index is 12.9. The zero-order valence-corrected chi connectivity index (χ0v) is 25.5. The lowest BCUT2D eigenvalue weighted by atomic mass is 10.1. The Morgan fingerprint density at radius 3 is 2.76 bits per heavy atom. The number of carbonyl (C=O) groups is 1.